The number of hydrogen-bond acceptors (Lipinski definition) is 6. The van der Waals surface area contributed by atoms with Crippen molar-refractivity contribution in [2.75, 3.05) is 18.5 Å². The van der Waals surface area contributed by atoms with Gasteiger partial charge in [0, 0.05) is 5.39 Å². The maximum absolute atomic E-state index is 12.4. The fourth-order valence-corrected chi connectivity index (χ4v) is 3.03. The van der Waals surface area contributed by atoms with Crippen LogP contribution in [0.5, 0.6) is 0 Å². The molecule has 0 saturated carbocycles. The van der Waals surface area contributed by atoms with Gasteiger partial charge < -0.3 is 9.47 Å². The van der Waals surface area contributed by atoms with Gasteiger partial charge in [-0.3, -0.25) is 5.32 Å². The van der Waals surface area contributed by atoms with Crippen LogP contribution in [0.1, 0.15) is 42.3 Å². The minimum atomic E-state index is -0.676. The van der Waals surface area contributed by atoms with E-state index in [1.807, 2.05) is 52.0 Å². The fourth-order valence-electron chi connectivity index (χ4n) is 3.03. The Morgan fingerprint density at radius 3 is 2.63 bits per heavy atom. The smallest absolute Gasteiger partial charge is 0.412 e. The van der Waals surface area contributed by atoms with Gasteiger partial charge in [0.25, 0.3) is 0 Å². The van der Waals surface area contributed by atoms with Crippen LogP contribution in [0.25, 0.3) is 16.7 Å². The molecule has 8 heteroatoms. The molecule has 0 radical (unpaired) electrons. The Morgan fingerprint density at radius 1 is 1.17 bits per heavy atom. The van der Waals surface area contributed by atoms with Gasteiger partial charge in [0.05, 0.1) is 24.9 Å². The first kappa shape index (κ1) is 21.3. The molecule has 1 aromatic carbocycles. The normalized spacial score (nSPS) is 11.0. The van der Waals surface area contributed by atoms with Crippen molar-refractivity contribution in [2.24, 2.45) is 5.92 Å². The first-order valence-corrected chi connectivity index (χ1v) is 9.88. The summed E-state index contributed by atoms with van der Waals surface area (Å²) >= 11 is 0. The number of benzene rings is 1. The van der Waals surface area contributed by atoms with Gasteiger partial charge in [-0.2, -0.15) is 9.78 Å². The maximum atomic E-state index is 12.4. The first-order chi connectivity index (χ1) is 14.3. The maximum Gasteiger partial charge on any atom is 0.412 e. The average Bonchev–Trinajstić information content (AvgIpc) is 3.11. The molecule has 0 spiro atoms. The quantitative estimate of drug-likeness (QED) is 0.605. The molecule has 2 heterocycles. The summed E-state index contributed by atoms with van der Waals surface area (Å²) in [5, 5.41) is 7.96. The van der Waals surface area contributed by atoms with Crippen molar-refractivity contribution in [3.05, 3.63) is 47.2 Å². The second kappa shape index (κ2) is 8.94. The zero-order valence-electron chi connectivity index (χ0n) is 17.9. The van der Waals surface area contributed by atoms with Crippen LogP contribution in [0.15, 0.2) is 30.5 Å². The third kappa shape index (κ3) is 4.42. The number of fused-ring (bicyclic) bond motifs is 1. The highest BCUT2D eigenvalue weighted by atomic mass is 16.5. The van der Waals surface area contributed by atoms with Gasteiger partial charge in [-0.1, -0.05) is 32.0 Å². The number of nitrogens with one attached hydrogen (secondary N) is 1. The van der Waals surface area contributed by atoms with Gasteiger partial charge in [-0.25, -0.2) is 14.6 Å². The van der Waals surface area contributed by atoms with E-state index in [4.69, 9.17) is 14.5 Å². The first-order valence-electron chi connectivity index (χ1n) is 9.88. The summed E-state index contributed by atoms with van der Waals surface area (Å²) in [7, 11) is 0. The van der Waals surface area contributed by atoms with E-state index in [2.05, 4.69) is 10.4 Å². The van der Waals surface area contributed by atoms with Crippen molar-refractivity contribution in [1.82, 2.24) is 14.8 Å². The molecule has 2 aromatic heterocycles. The predicted molar refractivity (Wildman–Crippen MR) is 114 cm³/mol. The molecule has 0 aliphatic heterocycles. The topological polar surface area (TPSA) is 95.3 Å². The van der Waals surface area contributed by atoms with Crippen LogP contribution in [0.3, 0.4) is 0 Å². The Kier molecular flexibility index (Phi) is 6.34. The number of amides is 1. The highest BCUT2D eigenvalue weighted by Crippen LogP contribution is 2.26. The van der Waals surface area contributed by atoms with Crippen LogP contribution in [-0.4, -0.2) is 40.0 Å². The Hall–Kier alpha value is -3.42. The molecular weight excluding hydrogens is 384 g/mol. The van der Waals surface area contributed by atoms with Gasteiger partial charge in [0.2, 0.25) is 0 Å². The lowest BCUT2D eigenvalue weighted by Gasteiger charge is -2.13. The number of pyridine rings is 1. The highest BCUT2D eigenvalue weighted by molar-refractivity contribution is 5.99. The summed E-state index contributed by atoms with van der Waals surface area (Å²) in [5.74, 6) is 0.223. The van der Waals surface area contributed by atoms with Crippen LogP contribution >= 0.6 is 0 Å². The standard InChI is InChI=1S/C22H26N4O4/c1-6-29-21(27)17-11-23-26(20(17)25-22(28)30-12-13(2)3)18-10-15(5)16-9-7-8-14(4)19(16)24-18/h7-11,13H,6,12H2,1-5H3,(H,25,28). The van der Waals surface area contributed by atoms with Crippen molar-refractivity contribution in [3.8, 4) is 5.82 Å². The van der Waals surface area contributed by atoms with Crippen LogP contribution in [0.4, 0.5) is 10.6 Å². The lowest BCUT2D eigenvalue weighted by atomic mass is 10.1. The molecule has 1 amide bonds. The van der Waals surface area contributed by atoms with Crippen molar-refractivity contribution >= 4 is 28.8 Å². The fraction of sp³-hybridized carbons (Fsp3) is 0.364. The van der Waals surface area contributed by atoms with Crippen molar-refractivity contribution in [3.63, 3.8) is 0 Å². The number of hydrogen-bond donors (Lipinski definition) is 1. The summed E-state index contributed by atoms with van der Waals surface area (Å²) < 4.78 is 11.7. The van der Waals surface area contributed by atoms with E-state index in [1.54, 1.807) is 6.92 Å². The zero-order chi connectivity index (χ0) is 21.8. The lowest BCUT2D eigenvalue weighted by Crippen LogP contribution is -2.21. The minimum Gasteiger partial charge on any atom is -0.462 e. The number of ether oxygens (including phenoxy) is 2. The van der Waals surface area contributed by atoms with E-state index in [1.165, 1.54) is 10.9 Å². The number of esters is 1. The Bertz CT molecular complexity index is 1090. The number of para-hydroxylation sites is 1. The van der Waals surface area contributed by atoms with Gasteiger partial charge in [0.1, 0.15) is 5.56 Å². The van der Waals surface area contributed by atoms with E-state index < -0.39 is 12.1 Å². The van der Waals surface area contributed by atoms with Crippen LogP contribution in [0.2, 0.25) is 0 Å². The monoisotopic (exact) mass is 410 g/mol. The van der Waals surface area contributed by atoms with Crippen molar-refractivity contribution in [1.29, 1.82) is 0 Å². The predicted octanol–water partition coefficient (Wildman–Crippen LogP) is 4.42. The Morgan fingerprint density at radius 2 is 1.93 bits per heavy atom. The van der Waals surface area contributed by atoms with Gasteiger partial charge in [-0.05, 0) is 43.9 Å². The van der Waals surface area contributed by atoms with E-state index in [0.29, 0.717) is 5.82 Å². The number of anilines is 1. The molecule has 1 N–H and O–H groups in total. The highest BCUT2D eigenvalue weighted by Gasteiger charge is 2.23. The molecule has 30 heavy (non-hydrogen) atoms. The Labute approximate surface area is 175 Å². The molecule has 0 aliphatic rings. The average molecular weight is 410 g/mol. The number of aromatic nitrogens is 3. The third-order valence-corrected chi connectivity index (χ3v) is 4.48. The molecular formula is C22H26N4O4. The van der Waals surface area contributed by atoms with E-state index in [-0.39, 0.29) is 30.5 Å². The molecule has 8 nitrogen and oxygen atoms in total. The van der Waals surface area contributed by atoms with Gasteiger partial charge in [0.15, 0.2) is 11.6 Å². The zero-order valence-corrected chi connectivity index (χ0v) is 17.9. The summed E-state index contributed by atoms with van der Waals surface area (Å²) in [6.07, 6.45) is 0.680. The second-order valence-electron chi connectivity index (χ2n) is 7.42. The van der Waals surface area contributed by atoms with Crippen molar-refractivity contribution < 1.29 is 19.1 Å². The molecule has 0 atom stereocenters. The SMILES string of the molecule is CCOC(=O)c1cnn(-c2cc(C)c3cccc(C)c3n2)c1NC(=O)OCC(C)C. The second-order valence-corrected chi connectivity index (χ2v) is 7.42. The van der Waals surface area contributed by atoms with E-state index >= 15 is 0 Å². The Balaban J connectivity index is 2.08. The van der Waals surface area contributed by atoms with E-state index in [9.17, 15) is 9.59 Å². The summed E-state index contributed by atoms with van der Waals surface area (Å²) in [5.41, 5.74) is 2.97. The van der Waals surface area contributed by atoms with Crippen LogP contribution in [0, 0.1) is 19.8 Å². The molecule has 0 fully saturated rings. The van der Waals surface area contributed by atoms with Crippen LogP contribution in [-0.2, 0) is 9.47 Å². The number of aryl methyl sites for hydroxylation is 2. The molecule has 3 rings (SSSR count). The summed E-state index contributed by atoms with van der Waals surface area (Å²) in [6, 6.07) is 7.82. The molecule has 0 saturated heterocycles. The molecule has 0 unspecified atom stereocenters. The summed E-state index contributed by atoms with van der Waals surface area (Å²) in [6.45, 7) is 10.00. The number of rotatable bonds is 6. The molecule has 158 valence electrons. The molecule has 0 bridgehead atoms. The molecule has 3 aromatic rings. The third-order valence-electron chi connectivity index (χ3n) is 4.48. The largest absolute Gasteiger partial charge is 0.462 e. The number of carbonyl (C=O) groups is 2. The minimum absolute atomic E-state index is 0.127. The lowest BCUT2D eigenvalue weighted by molar-refractivity contribution is 0.0527. The van der Waals surface area contributed by atoms with Gasteiger partial charge in [-0.15, -0.1) is 0 Å². The van der Waals surface area contributed by atoms with Gasteiger partial charge >= 0.3 is 12.1 Å². The van der Waals surface area contributed by atoms with Crippen LogP contribution < -0.4 is 5.32 Å². The number of nitrogens with zero attached hydrogens (tertiary/aromatic N) is 3. The molecule has 0 aliphatic carbocycles. The summed E-state index contributed by atoms with van der Waals surface area (Å²) in [4.78, 5) is 29.4. The van der Waals surface area contributed by atoms with E-state index in [0.717, 1.165) is 22.0 Å². The number of carbonyl (C=O) groups excluding carboxylic acids is 2. The van der Waals surface area contributed by atoms with Crippen molar-refractivity contribution in [2.45, 2.75) is 34.6 Å².